The molecule has 0 radical (unpaired) electrons. The average molecular weight is 333 g/mol. The van der Waals surface area contributed by atoms with Gasteiger partial charge in [0.2, 0.25) is 10.0 Å². The van der Waals surface area contributed by atoms with Crippen LogP contribution in [0, 0.1) is 0 Å². The number of rotatable bonds is 5. The van der Waals surface area contributed by atoms with Crippen LogP contribution in [0.2, 0.25) is 5.02 Å². The molecular formula is C12H13ClN2O5S. The smallest absolute Gasteiger partial charge is 0.337 e. The summed E-state index contributed by atoms with van der Waals surface area (Å²) >= 11 is 5.85. The van der Waals surface area contributed by atoms with Crippen LogP contribution in [-0.4, -0.2) is 38.7 Å². The van der Waals surface area contributed by atoms with Crippen molar-refractivity contribution in [3.05, 3.63) is 34.9 Å². The van der Waals surface area contributed by atoms with Crippen LogP contribution >= 0.6 is 11.6 Å². The fourth-order valence-electron chi connectivity index (χ4n) is 1.87. The lowest BCUT2D eigenvalue weighted by atomic mass is 10.1. The average Bonchev–Trinajstić information content (AvgIpc) is 2.87. The first kappa shape index (κ1) is 15.8. The van der Waals surface area contributed by atoms with Crippen molar-refractivity contribution < 1.29 is 23.1 Å². The predicted octanol–water partition coefficient (Wildman–Crippen LogP) is 1.05. The van der Waals surface area contributed by atoms with Gasteiger partial charge in [-0.15, -0.1) is 0 Å². The second-order valence-electron chi connectivity index (χ2n) is 4.36. The highest BCUT2D eigenvalue weighted by Crippen LogP contribution is 2.28. The number of ether oxygens (including phenoxy) is 1. The first-order chi connectivity index (χ1) is 9.79. The highest BCUT2D eigenvalue weighted by atomic mass is 35.5. The fourth-order valence-corrected chi connectivity index (χ4v) is 2.97. The van der Waals surface area contributed by atoms with Crippen LogP contribution in [0.25, 0.3) is 0 Å². The Hall–Kier alpha value is -1.61. The molecule has 1 unspecified atom stereocenters. The number of hydrogen-bond donors (Lipinski definition) is 3. The van der Waals surface area contributed by atoms with Crippen LogP contribution in [0.5, 0.6) is 0 Å². The van der Waals surface area contributed by atoms with E-state index >= 15 is 0 Å². The standard InChI is InChI=1S/C12H13ClN2O5S/c13-9-5-10(15-6-7-2-1-3-20-7)8(12(16)17)4-11(9)21(14,18)19/h1-2,4-5,7,15H,3,6H2,(H,16,17)(H2,14,18,19). The van der Waals surface area contributed by atoms with E-state index in [1.54, 1.807) is 0 Å². The van der Waals surface area contributed by atoms with Crippen molar-refractivity contribution in [2.24, 2.45) is 5.14 Å². The lowest BCUT2D eigenvalue weighted by Gasteiger charge is -2.14. The van der Waals surface area contributed by atoms with E-state index in [1.807, 2.05) is 12.2 Å². The summed E-state index contributed by atoms with van der Waals surface area (Å²) < 4.78 is 28.0. The van der Waals surface area contributed by atoms with Gasteiger partial charge in [0.25, 0.3) is 0 Å². The minimum absolute atomic E-state index is 0.145. The molecule has 0 saturated carbocycles. The van der Waals surface area contributed by atoms with Crippen molar-refractivity contribution in [1.82, 2.24) is 0 Å². The van der Waals surface area contributed by atoms with Crippen molar-refractivity contribution in [2.45, 2.75) is 11.0 Å². The number of anilines is 1. The van der Waals surface area contributed by atoms with E-state index in [2.05, 4.69) is 5.32 Å². The van der Waals surface area contributed by atoms with Crippen LogP contribution in [-0.2, 0) is 14.8 Å². The molecule has 0 saturated heterocycles. The first-order valence-corrected chi connectivity index (χ1v) is 7.83. The zero-order chi connectivity index (χ0) is 15.6. The third kappa shape index (κ3) is 3.73. The molecular weight excluding hydrogens is 320 g/mol. The van der Waals surface area contributed by atoms with E-state index in [1.165, 1.54) is 6.07 Å². The molecule has 0 spiro atoms. The number of nitrogens with two attached hydrogens (primary N) is 1. The van der Waals surface area contributed by atoms with Gasteiger partial charge in [-0.3, -0.25) is 0 Å². The van der Waals surface area contributed by atoms with Crippen molar-refractivity contribution in [3.8, 4) is 0 Å². The predicted molar refractivity (Wildman–Crippen MR) is 77.2 cm³/mol. The molecule has 0 aliphatic carbocycles. The number of benzene rings is 1. The van der Waals surface area contributed by atoms with Crippen LogP contribution < -0.4 is 10.5 Å². The molecule has 21 heavy (non-hydrogen) atoms. The van der Waals surface area contributed by atoms with Gasteiger partial charge in [-0.05, 0) is 12.1 Å². The fraction of sp³-hybridized carbons (Fsp3) is 0.250. The number of carbonyl (C=O) groups is 1. The molecule has 1 aromatic carbocycles. The maximum Gasteiger partial charge on any atom is 0.337 e. The van der Waals surface area contributed by atoms with Crippen molar-refractivity contribution in [1.29, 1.82) is 0 Å². The summed E-state index contributed by atoms with van der Waals surface area (Å²) in [7, 11) is -4.10. The third-order valence-corrected chi connectivity index (χ3v) is 4.24. The second-order valence-corrected chi connectivity index (χ2v) is 6.30. The van der Waals surface area contributed by atoms with Crippen molar-refractivity contribution in [3.63, 3.8) is 0 Å². The summed E-state index contributed by atoms with van der Waals surface area (Å²) in [4.78, 5) is 10.8. The Labute approximate surface area is 126 Å². The number of hydrogen-bond acceptors (Lipinski definition) is 5. The SMILES string of the molecule is NS(=O)(=O)c1cc(C(=O)O)c(NCC2C=CCO2)cc1Cl. The van der Waals surface area contributed by atoms with Gasteiger partial charge in [0.1, 0.15) is 4.90 Å². The second kappa shape index (κ2) is 6.02. The third-order valence-electron chi connectivity index (χ3n) is 2.86. The Morgan fingerprint density at radius 2 is 2.24 bits per heavy atom. The van der Waals surface area contributed by atoms with Gasteiger partial charge in [0.05, 0.1) is 29.0 Å². The number of carboxylic acids is 1. The Morgan fingerprint density at radius 1 is 1.52 bits per heavy atom. The molecule has 2 rings (SSSR count). The van der Waals surface area contributed by atoms with Gasteiger partial charge >= 0.3 is 5.97 Å². The van der Waals surface area contributed by atoms with Gasteiger partial charge in [-0.2, -0.15) is 0 Å². The molecule has 0 bridgehead atoms. The molecule has 0 amide bonds. The number of nitrogens with one attached hydrogen (secondary N) is 1. The molecule has 0 aromatic heterocycles. The van der Waals surface area contributed by atoms with Crippen LogP contribution in [0.3, 0.4) is 0 Å². The quantitative estimate of drug-likeness (QED) is 0.693. The molecule has 1 atom stereocenters. The topological polar surface area (TPSA) is 119 Å². The zero-order valence-electron chi connectivity index (χ0n) is 10.7. The van der Waals surface area contributed by atoms with Crippen LogP contribution in [0.15, 0.2) is 29.2 Å². The summed E-state index contributed by atoms with van der Waals surface area (Å²) in [6, 6.07) is 2.16. The van der Waals surface area contributed by atoms with Gasteiger partial charge in [0, 0.05) is 6.54 Å². The number of primary sulfonamides is 1. The van der Waals surface area contributed by atoms with Crippen molar-refractivity contribution in [2.75, 3.05) is 18.5 Å². The molecule has 9 heteroatoms. The first-order valence-electron chi connectivity index (χ1n) is 5.91. The monoisotopic (exact) mass is 332 g/mol. The minimum atomic E-state index is -4.10. The lowest BCUT2D eigenvalue weighted by molar-refractivity contribution is 0.0697. The summed E-state index contributed by atoms with van der Waals surface area (Å²) in [5, 5.41) is 16.9. The van der Waals surface area contributed by atoms with E-state index in [0.717, 1.165) is 6.07 Å². The van der Waals surface area contributed by atoms with Crippen LogP contribution in [0.1, 0.15) is 10.4 Å². The van der Waals surface area contributed by atoms with Gasteiger partial charge in [0.15, 0.2) is 0 Å². The van der Waals surface area contributed by atoms with E-state index in [4.69, 9.17) is 21.5 Å². The van der Waals surface area contributed by atoms with Gasteiger partial charge < -0.3 is 15.2 Å². The molecule has 1 aliphatic heterocycles. The van der Waals surface area contributed by atoms with Crippen molar-refractivity contribution >= 4 is 33.3 Å². The summed E-state index contributed by atoms with van der Waals surface area (Å²) in [6.45, 7) is 0.838. The normalized spacial score (nSPS) is 17.9. The molecule has 1 heterocycles. The highest BCUT2D eigenvalue weighted by molar-refractivity contribution is 7.89. The summed E-state index contributed by atoms with van der Waals surface area (Å²) in [5.74, 6) is -1.29. The number of sulfonamides is 1. The Bertz CT molecular complexity index is 702. The van der Waals surface area contributed by atoms with Gasteiger partial charge in [-0.25, -0.2) is 18.4 Å². The number of aromatic carboxylic acids is 1. The maximum absolute atomic E-state index is 11.4. The highest BCUT2D eigenvalue weighted by Gasteiger charge is 2.21. The Kier molecular flexibility index (Phi) is 4.52. The van der Waals surface area contributed by atoms with E-state index in [9.17, 15) is 18.3 Å². The van der Waals surface area contributed by atoms with Gasteiger partial charge in [-0.1, -0.05) is 23.8 Å². The maximum atomic E-state index is 11.4. The Morgan fingerprint density at radius 3 is 2.76 bits per heavy atom. The summed E-state index contributed by atoms with van der Waals surface area (Å²) in [6.07, 6.45) is 3.51. The molecule has 1 aromatic rings. The minimum Gasteiger partial charge on any atom is -0.478 e. The largest absolute Gasteiger partial charge is 0.478 e. The summed E-state index contributed by atoms with van der Waals surface area (Å²) in [5.41, 5.74) is -0.0331. The molecule has 4 N–H and O–H groups in total. The number of carboxylic acid groups (broad SMARTS) is 1. The van der Waals surface area contributed by atoms with Crippen LogP contribution in [0.4, 0.5) is 5.69 Å². The number of halogens is 1. The van der Waals surface area contributed by atoms with E-state index in [0.29, 0.717) is 13.2 Å². The van der Waals surface area contributed by atoms with E-state index < -0.39 is 20.9 Å². The molecule has 1 aliphatic rings. The zero-order valence-corrected chi connectivity index (χ0v) is 12.3. The molecule has 0 fully saturated rings. The van der Waals surface area contributed by atoms with E-state index in [-0.39, 0.29) is 22.4 Å². The Balaban J connectivity index is 2.33. The lowest BCUT2D eigenvalue weighted by Crippen LogP contribution is -2.20. The molecule has 114 valence electrons. The molecule has 7 nitrogen and oxygen atoms in total.